The van der Waals surface area contributed by atoms with Gasteiger partial charge < -0.3 is 14.2 Å². The zero-order valence-corrected chi connectivity index (χ0v) is 27.9. The molecule has 3 aromatic rings. The second kappa shape index (κ2) is 20.9. The Morgan fingerprint density at radius 2 is 1.19 bits per heavy atom. The van der Waals surface area contributed by atoms with E-state index in [0.717, 1.165) is 51.0 Å². The van der Waals surface area contributed by atoms with Crippen molar-refractivity contribution in [3.8, 4) is 11.5 Å². The summed E-state index contributed by atoms with van der Waals surface area (Å²) >= 11 is 0. The van der Waals surface area contributed by atoms with Gasteiger partial charge in [0.25, 0.3) is 0 Å². The topological polar surface area (TPSA) is 86.5 Å². The van der Waals surface area contributed by atoms with Gasteiger partial charge in [-0.15, -0.1) is 0 Å². The number of unbranched alkanes of at least 4 members (excludes halogenated alkanes) is 10. The molecule has 254 valence electrons. The molecule has 0 fully saturated rings. The van der Waals surface area contributed by atoms with Gasteiger partial charge >= 0.3 is 11.9 Å². The molecule has 0 aliphatic rings. The number of hydrogen-bond donors (Lipinski definition) is 0. The smallest absolute Gasteiger partial charge is 0.343 e. The normalized spacial score (nSPS) is 11.9. The van der Waals surface area contributed by atoms with E-state index in [1.807, 2.05) is 6.92 Å². The van der Waals surface area contributed by atoms with Crippen molar-refractivity contribution in [2.24, 2.45) is 10.2 Å². The summed E-state index contributed by atoms with van der Waals surface area (Å²) in [6.07, 6.45) is 14.2. The number of carbonyl (C=O) groups is 2. The van der Waals surface area contributed by atoms with Crippen molar-refractivity contribution in [2.75, 3.05) is 6.61 Å². The third kappa shape index (κ3) is 13.6. The highest BCUT2D eigenvalue weighted by Crippen LogP contribution is 2.26. The van der Waals surface area contributed by atoms with Crippen LogP contribution in [0.4, 0.5) is 20.2 Å². The van der Waals surface area contributed by atoms with E-state index in [4.69, 9.17) is 14.2 Å². The molecule has 47 heavy (non-hydrogen) atoms. The lowest BCUT2D eigenvalue weighted by atomic mass is 10.1. The largest absolute Gasteiger partial charge is 0.491 e. The summed E-state index contributed by atoms with van der Waals surface area (Å²) in [6.45, 7) is 6.62. The molecule has 7 nitrogen and oxygen atoms in total. The minimum absolute atomic E-state index is 0.0401. The van der Waals surface area contributed by atoms with Crippen LogP contribution in [0, 0.1) is 11.6 Å². The van der Waals surface area contributed by atoms with Gasteiger partial charge in [0.05, 0.1) is 35.2 Å². The molecule has 0 unspecified atom stereocenters. The van der Waals surface area contributed by atoms with Crippen LogP contribution in [-0.2, 0) is 4.74 Å². The Morgan fingerprint density at radius 1 is 0.638 bits per heavy atom. The van der Waals surface area contributed by atoms with E-state index >= 15 is 0 Å². The summed E-state index contributed by atoms with van der Waals surface area (Å²) in [7, 11) is 0. The highest BCUT2D eigenvalue weighted by Gasteiger charge is 2.17. The molecule has 1 atom stereocenters. The van der Waals surface area contributed by atoms with Crippen LogP contribution in [0.5, 0.6) is 11.5 Å². The minimum atomic E-state index is -0.856. The quantitative estimate of drug-likeness (QED) is 0.0495. The summed E-state index contributed by atoms with van der Waals surface area (Å²) in [4.78, 5) is 25.0. The molecule has 3 rings (SSSR count). The maximum Gasteiger partial charge on any atom is 0.343 e. The lowest BCUT2D eigenvalue weighted by molar-refractivity contribution is 0.0318. The summed E-state index contributed by atoms with van der Waals surface area (Å²) in [6, 6.07) is 14.0. The van der Waals surface area contributed by atoms with Crippen molar-refractivity contribution in [1.29, 1.82) is 0 Å². The van der Waals surface area contributed by atoms with Gasteiger partial charge in [0.15, 0.2) is 23.1 Å². The van der Waals surface area contributed by atoms with Crippen LogP contribution in [-0.4, -0.2) is 24.6 Å². The van der Waals surface area contributed by atoms with Gasteiger partial charge in [-0.25, -0.2) is 18.4 Å². The SMILES string of the molecule is CCCCCCCCCCOc1ccc(N=Nc2ccc(C(=O)Oc3ccc(C(=O)O[C@@H](C)CCCCCC)cc3F)cc2)cc1F. The van der Waals surface area contributed by atoms with Crippen molar-refractivity contribution in [1.82, 2.24) is 0 Å². The van der Waals surface area contributed by atoms with Crippen LogP contribution in [0.15, 0.2) is 70.9 Å². The summed E-state index contributed by atoms with van der Waals surface area (Å²) in [5.41, 5.74) is 0.936. The van der Waals surface area contributed by atoms with Gasteiger partial charge in [0.1, 0.15) is 0 Å². The first-order chi connectivity index (χ1) is 22.8. The summed E-state index contributed by atoms with van der Waals surface area (Å²) < 4.78 is 45.4. The molecule has 0 N–H and O–H groups in total. The van der Waals surface area contributed by atoms with Crippen LogP contribution >= 0.6 is 0 Å². The molecular weight excluding hydrogens is 602 g/mol. The number of hydrogen-bond acceptors (Lipinski definition) is 7. The molecule has 0 heterocycles. The number of esters is 2. The van der Waals surface area contributed by atoms with Gasteiger partial charge in [0.2, 0.25) is 0 Å². The highest BCUT2D eigenvalue weighted by molar-refractivity contribution is 5.92. The molecule has 3 aromatic carbocycles. The average molecular weight is 651 g/mol. The lowest BCUT2D eigenvalue weighted by Crippen LogP contribution is -2.15. The average Bonchev–Trinajstić information content (AvgIpc) is 3.06. The second-order valence-corrected chi connectivity index (χ2v) is 11.8. The van der Waals surface area contributed by atoms with Crippen molar-refractivity contribution in [2.45, 2.75) is 110 Å². The van der Waals surface area contributed by atoms with Crippen LogP contribution in [0.25, 0.3) is 0 Å². The first kappa shape index (κ1) is 37.3. The van der Waals surface area contributed by atoms with Crippen LogP contribution in [0.3, 0.4) is 0 Å². The zero-order chi connectivity index (χ0) is 33.9. The lowest BCUT2D eigenvalue weighted by Gasteiger charge is -2.13. The standard InChI is InChI=1S/C38H48F2N2O5/c1-4-6-8-10-11-12-13-15-25-45-35-24-22-32(27-34(35)40)42-41-31-20-17-29(18-21-31)37(43)47-36-23-19-30(26-33(36)39)38(44)46-28(3)16-14-9-7-5-2/h17-24,26-28H,4-16,25H2,1-3H3/t28-/m0/s1. The first-order valence-corrected chi connectivity index (χ1v) is 17.0. The Bertz CT molecular complexity index is 1430. The van der Waals surface area contributed by atoms with E-state index in [9.17, 15) is 18.4 Å². The fourth-order valence-electron chi connectivity index (χ4n) is 4.90. The van der Waals surface area contributed by atoms with E-state index in [0.29, 0.717) is 18.0 Å². The molecule has 0 amide bonds. The van der Waals surface area contributed by atoms with E-state index in [1.54, 1.807) is 6.07 Å². The van der Waals surface area contributed by atoms with Crippen LogP contribution < -0.4 is 9.47 Å². The van der Waals surface area contributed by atoms with E-state index in [1.165, 1.54) is 87.1 Å². The Kier molecular flexibility index (Phi) is 16.6. The Balaban J connectivity index is 1.45. The first-order valence-electron chi connectivity index (χ1n) is 17.0. The van der Waals surface area contributed by atoms with Gasteiger partial charge in [0, 0.05) is 6.07 Å². The van der Waals surface area contributed by atoms with Gasteiger partial charge in [-0.1, -0.05) is 78.1 Å². The Labute approximate surface area is 277 Å². The number of carbonyl (C=O) groups excluding carboxylic acids is 2. The van der Waals surface area contributed by atoms with Crippen molar-refractivity contribution in [3.63, 3.8) is 0 Å². The van der Waals surface area contributed by atoms with Crippen LogP contribution in [0.1, 0.15) is 125 Å². The number of ether oxygens (including phenoxy) is 3. The number of azo groups is 1. The predicted molar refractivity (Wildman–Crippen MR) is 180 cm³/mol. The van der Waals surface area contributed by atoms with Crippen molar-refractivity contribution < 1.29 is 32.6 Å². The van der Waals surface area contributed by atoms with Crippen LogP contribution in [0.2, 0.25) is 0 Å². The molecule has 0 aliphatic carbocycles. The van der Waals surface area contributed by atoms with Crippen molar-refractivity contribution >= 4 is 23.3 Å². The van der Waals surface area contributed by atoms with E-state index < -0.39 is 23.6 Å². The number of nitrogens with zero attached hydrogens (tertiary/aromatic N) is 2. The Hall–Kier alpha value is -4.14. The summed E-state index contributed by atoms with van der Waals surface area (Å²) in [5, 5.41) is 8.17. The maximum atomic E-state index is 14.7. The molecule has 0 saturated carbocycles. The Morgan fingerprint density at radius 3 is 1.85 bits per heavy atom. The van der Waals surface area contributed by atoms with E-state index in [-0.39, 0.29) is 28.7 Å². The molecule has 0 aliphatic heterocycles. The summed E-state index contributed by atoms with van der Waals surface area (Å²) in [5.74, 6) is -2.91. The molecule has 0 aromatic heterocycles. The molecule has 0 radical (unpaired) electrons. The number of benzene rings is 3. The third-order valence-electron chi connectivity index (χ3n) is 7.70. The monoisotopic (exact) mass is 650 g/mol. The molecule has 0 saturated heterocycles. The predicted octanol–water partition coefficient (Wildman–Crippen LogP) is 11.6. The molecular formula is C38H48F2N2O5. The fourth-order valence-corrected chi connectivity index (χ4v) is 4.90. The highest BCUT2D eigenvalue weighted by atomic mass is 19.1. The minimum Gasteiger partial charge on any atom is -0.491 e. The van der Waals surface area contributed by atoms with Gasteiger partial charge in [-0.3, -0.25) is 0 Å². The number of rotatable bonds is 21. The molecule has 0 bridgehead atoms. The van der Waals surface area contributed by atoms with E-state index in [2.05, 4.69) is 24.1 Å². The van der Waals surface area contributed by atoms with Crippen molar-refractivity contribution in [3.05, 3.63) is 83.4 Å². The molecule has 9 heteroatoms. The maximum absolute atomic E-state index is 14.7. The second-order valence-electron chi connectivity index (χ2n) is 11.8. The fraction of sp³-hybridized carbons (Fsp3) is 0.474. The zero-order valence-electron chi connectivity index (χ0n) is 27.9. The van der Waals surface area contributed by atoms with Gasteiger partial charge in [-0.05, 0) is 80.8 Å². The molecule has 0 spiro atoms. The third-order valence-corrected chi connectivity index (χ3v) is 7.70. The van der Waals surface area contributed by atoms with Gasteiger partial charge in [-0.2, -0.15) is 10.2 Å². The number of halogens is 2.